The highest BCUT2D eigenvalue weighted by Crippen LogP contribution is 2.23. The summed E-state index contributed by atoms with van der Waals surface area (Å²) in [6, 6.07) is 4.82. The minimum absolute atomic E-state index is 0.0969. The third-order valence-corrected chi connectivity index (χ3v) is 3.46. The lowest BCUT2D eigenvalue weighted by atomic mass is 10.0. The molecule has 0 bridgehead atoms. The Bertz CT molecular complexity index is 661. The standard InChI is InChI=1S/C15H19FN2O/c1-4-17-8-7-12-13(16)6-5-11-10(2)9-14(19)18(3)15(11)12/h5-6,9,17H,4,7-8H2,1-3H3. The lowest BCUT2D eigenvalue weighted by molar-refractivity contribution is 0.602. The Labute approximate surface area is 112 Å². The van der Waals surface area contributed by atoms with Gasteiger partial charge in [0.05, 0.1) is 5.52 Å². The SMILES string of the molecule is CCNCCc1c(F)ccc2c(C)cc(=O)n(C)c12. The van der Waals surface area contributed by atoms with E-state index >= 15 is 0 Å². The molecule has 0 aliphatic heterocycles. The van der Waals surface area contributed by atoms with E-state index in [1.54, 1.807) is 19.2 Å². The molecule has 0 saturated heterocycles. The van der Waals surface area contributed by atoms with Gasteiger partial charge in [-0.3, -0.25) is 4.79 Å². The van der Waals surface area contributed by atoms with Crippen molar-refractivity contribution >= 4 is 10.9 Å². The summed E-state index contributed by atoms with van der Waals surface area (Å²) in [5, 5.41) is 4.12. The van der Waals surface area contributed by atoms with Crippen LogP contribution in [-0.4, -0.2) is 17.7 Å². The van der Waals surface area contributed by atoms with Crippen molar-refractivity contribution in [1.29, 1.82) is 0 Å². The lowest BCUT2D eigenvalue weighted by Gasteiger charge is -2.13. The number of nitrogens with zero attached hydrogens (tertiary/aromatic N) is 1. The van der Waals surface area contributed by atoms with E-state index in [4.69, 9.17) is 0 Å². The van der Waals surface area contributed by atoms with Crippen LogP contribution in [0.15, 0.2) is 23.0 Å². The van der Waals surface area contributed by atoms with E-state index in [9.17, 15) is 9.18 Å². The first-order chi connectivity index (χ1) is 9.06. The minimum atomic E-state index is -0.244. The zero-order valence-electron chi connectivity index (χ0n) is 11.6. The van der Waals surface area contributed by atoms with Gasteiger partial charge < -0.3 is 9.88 Å². The number of pyridine rings is 1. The van der Waals surface area contributed by atoms with Crippen molar-refractivity contribution in [2.24, 2.45) is 7.05 Å². The quantitative estimate of drug-likeness (QED) is 0.857. The fourth-order valence-corrected chi connectivity index (χ4v) is 2.41. The Hall–Kier alpha value is -1.68. The van der Waals surface area contributed by atoms with E-state index < -0.39 is 0 Å². The molecule has 0 aliphatic carbocycles. The number of rotatable bonds is 4. The maximum Gasteiger partial charge on any atom is 0.251 e. The Kier molecular flexibility index (Phi) is 4.00. The number of likely N-dealkylation sites (N-methyl/N-ethyl adjacent to an activating group) is 1. The molecule has 2 rings (SSSR count). The van der Waals surface area contributed by atoms with Crippen molar-refractivity contribution in [2.75, 3.05) is 13.1 Å². The van der Waals surface area contributed by atoms with Crippen molar-refractivity contribution < 1.29 is 4.39 Å². The molecule has 19 heavy (non-hydrogen) atoms. The highest BCUT2D eigenvalue weighted by atomic mass is 19.1. The van der Waals surface area contributed by atoms with E-state index in [2.05, 4.69) is 5.32 Å². The molecule has 102 valence electrons. The Morgan fingerprint density at radius 2 is 2.11 bits per heavy atom. The molecule has 0 saturated carbocycles. The molecule has 0 spiro atoms. The molecular formula is C15H19FN2O. The van der Waals surface area contributed by atoms with E-state index in [1.807, 2.05) is 13.8 Å². The Balaban J connectivity index is 2.66. The first kappa shape index (κ1) is 13.7. The molecule has 3 nitrogen and oxygen atoms in total. The number of benzene rings is 1. The Morgan fingerprint density at radius 3 is 2.79 bits per heavy atom. The topological polar surface area (TPSA) is 34.0 Å². The van der Waals surface area contributed by atoms with Crippen LogP contribution in [0.1, 0.15) is 18.1 Å². The van der Waals surface area contributed by atoms with Crippen molar-refractivity contribution in [3.8, 4) is 0 Å². The number of hydrogen-bond acceptors (Lipinski definition) is 2. The molecular weight excluding hydrogens is 243 g/mol. The summed E-state index contributed by atoms with van der Waals surface area (Å²) in [5.41, 5.74) is 2.12. The van der Waals surface area contributed by atoms with Crippen LogP contribution in [0.5, 0.6) is 0 Å². The fraction of sp³-hybridized carbons (Fsp3) is 0.400. The highest BCUT2D eigenvalue weighted by Gasteiger charge is 2.12. The van der Waals surface area contributed by atoms with Gasteiger partial charge in [-0.25, -0.2) is 4.39 Å². The summed E-state index contributed by atoms with van der Waals surface area (Å²) in [6.07, 6.45) is 0.577. The van der Waals surface area contributed by atoms with Crippen LogP contribution in [0.3, 0.4) is 0 Å². The predicted molar refractivity (Wildman–Crippen MR) is 76.1 cm³/mol. The van der Waals surface area contributed by atoms with Crippen LogP contribution >= 0.6 is 0 Å². The van der Waals surface area contributed by atoms with Gasteiger partial charge >= 0.3 is 0 Å². The second-order valence-corrected chi connectivity index (χ2v) is 4.75. The monoisotopic (exact) mass is 262 g/mol. The van der Waals surface area contributed by atoms with Gasteiger partial charge in [0, 0.05) is 24.1 Å². The maximum absolute atomic E-state index is 14.0. The highest BCUT2D eigenvalue weighted by molar-refractivity contribution is 5.85. The second kappa shape index (κ2) is 5.53. The molecule has 0 amide bonds. The number of fused-ring (bicyclic) bond motifs is 1. The smallest absolute Gasteiger partial charge is 0.251 e. The number of aromatic nitrogens is 1. The number of hydrogen-bond donors (Lipinski definition) is 1. The van der Waals surface area contributed by atoms with Gasteiger partial charge in [-0.2, -0.15) is 0 Å². The zero-order valence-corrected chi connectivity index (χ0v) is 11.6. The van der Waals surface area contributed by atoms with Crippen LogP contribution in [0.4, 0.5) is 4.39 Å². The van der Waals surface area contributed by atoms with Crippen molar-refractivity contribution in [1.82, 2.24) is 9.88 Å². The van der Waals surface area contributed by atoms with Crippen molar-refractivity contribution in [2.45, 2.75) is 20.3 Å². The Morgan fingerprint density at radius 1 is 1.37 bits per heavy atom. The largest absolute Gasteiger partial charge is 0.317 e. The van der Waals surface area contributed by atoms with Gasteiger partial charge in [0.2, 0.25) is 0 Å². The first-order valence-corrected chi connectivity index (χ1v) is 6.54. The van der Waals surface area contributed by atoms with Crippen LogP contribution < -0.4 is 10.9 Å². The summed E-state index contributed by atoms with van der Waals surface area (Å²) < 4.78 is 15.6. The van der Waals surface area contributed by atoms with Gasteiger partial charge in [0.1, 0.15) is 5.82 Å². The number of halogens is 1. The molecule has 0 atom stereocenters. The van der Waals surface area contributed by atoms with Crippen molar-refractivity contribution in [3.05, 3.63) is 45.5 Å². The summed E-state index contributed by atoms with van der Waals surface area (Å²) >= 11 is 0. The molecule has 1 aromatic carbocycles. The molecule has 1 aromatic heterocycles. The molecule has 0 aliphatic rings. The number of nitrogens with one attached hydrogen (secondary N) is 1. The minimum Gasteiger partial charge on any atom is -0.317 e. The maximum atomic E-state index is 14.0. The van der Waals surface area contributed by atoms with Gasteiger partial charge in [0.25, 0.3) is 5.56 Å². The normalized spacial score (nSPS) is 11.2. The van der Waals surface area contributed by atoms with Gasteiger partial charge in [0.15, 0.2) is 0 Å². The first-order valence-electron chi connectivity index (χ1n) is 6.54. The van der Waals surface area contributed by atoms with Gasteiger partial charge in [-0.05, 0) is 44.1 Å². The summed E-state index contributed by atoms with van der Waals surface area (Å²) in [6.45, 7) is 5.45. The third kappa shape index (κ3) is 2.54. The average Bonchev–Trinajstić information content (AvgIpc) is 2.38. The van der Waals surface area contributed by atoms with Crippen LogP contribution in [0, 0.1) is 12.7 Å². The zero-order chi connectivity index (χ0) is 14.0. The van der Waals surface area contributed by atoms with Gasteiger partial charge in [-0.15, -0.1) is 0 Å². The van der Waals surface area contributed by atoms with E-state index in [1.165, 1.54) is 10.6 Å². The van der Waals surface area contributed by atoms with Crippen LogP contribution in [-0.2, 0) is 13.5 Å². The molecule has 1 heterocycles. The third-order valence-electron chi connectivity index (χ3n) is 3.46. The number of aryl methyl sites for hydroxylation is 2. The molecule has 4 heteroatoms. The lowest BCUT2D eigenvalue weighted by Crippen LogP contribution is -2.21. The predicted octanol–water partition coefficient (Wildman–Crippen LogP) is 2.14. The van der Waals surface area contributed by atoms with Crippen LogP contribution in [0.25, 0.3) is 10.9 Å². The summed E-state index contributed by atoms with van der Waals surface area (Å²) in [7, 11) is 1.69. The van der Waals surface area contributed by atoms with Crippen molar-refractivity contribution in [3.63, 3.8) is 0 Å². The fourth-order valence-electron chi connectivity index (χ4n) is 2.41. The van der Waals surface area contributed by atoms with Crippen LogP contribution in [0.2, 0.25) is 0 Å². The average molecular weight is 262 g/mol. The van der Waals surface area contributed by atoms with E-state index in [0.29, 0.717) is 24.0 Å². The second-order valence-electron chi connectivity index (χ2n) is 4.75. The van der Waals surface area contributed by atoms with E-state index in [0.717, 1.165) is 17.5 Å². The van der Waals surface area contributed by atoms with Gasteiger partial charge in [-0.1, -0.05) is 6.92 Å². The molecule has 0 fully saturated rings. The molecule has 0 radical (unpaired) electrons. The molecule has 2 aromatic rings. The molecule has 0 unspecified atom stereocenters. The molecule has 1 N–H and O–H groups in total. The summed E-state index contributed by atoms with van der Waals surface area (Å²) in [4.78, 5) is 11.9. The summed E-state index contributed by atoms with van der Waals surface area (Å²) in [5.74, 6) is -0.244. The van der Waals surface area contributed by atoms with E-state index in [-0.39, 0.29) is 11.4 Å².